The SMILES string of the molecule is COc1ccccc1N1C(=O)C[C@@H](Nc2ccc(N3CCOCC3)cc2)C1=O. The molecule has 0 aliphatic carbocycles. The largest absolute Gasteiger partial charge is 0.495 e. The van der Waals surface area contributed by atoms with Crippen molar-refractivity contribution in [2.24, 2.45) is 0 Å². The van der Waals surface area contributed by atoms with E-state index in [0.717, 1.165) is 37.7 Å². The van der Waals surface area contributed by atoms with Crippen molar-refractivity contribution in [2.45, 2.75) is 12.5 Å². The van der Waals surface area contributed by atoms with Crippen LogP contribution in [0.15, 0.2) is 48.5 Å². The predicted octanol–water partition coefficient (Wildman–Crippen LogP) is 2.28. The van der Waals surface area contributed by atoms with Gasteiger partial charge in [-0.3, -0.25) is 9.59 Å². The number of imide groups is 1. The van der Waals surface area contributed by atoms with E-state index in [2.05, 4.69) is 10.2 Å². The Labute approximate surface area is 163 Å². The second-order valence-corrected chi connectivity index (χ2v) is 6.79. The monoisotopic (exact) mass is 381 g/mol. The Balaban J connectivity index is 1.47. The highest BCUT2D eigenvalue weighted by Gasteiger charge is 2.40. The van der Waals surface area contributed by atoms with E-state index in [9.17, 15) is 9.59 Å². The van der Waals surface area contributed by atoms with Crippen LogP contribution in [0.1, 0.15) is 6.42 Å². The lowest BCUT2D eigenvalue weighted by Gasteiger charge is -2.29. The Morgan fingerprint density at radius 2 is 1.75 bits per heavy atom. The van der Waals surface area contributed by atoms with Gasteiger partial charge >= 0.3 is 0 Å². The molecule has 28 heavy (non-hydrogen) atoms. The molecule has 2 aliphatic heterocycles. The van der Waals surface area contributed by atoms with Crippen LogP contribution in [0.3, 0.4) is 0 Å². The zero-order valence-corrected chi connectivity index (χ0v) is 15.8. The maximum absolute atomic E-state index is 12.9. The van der Waals surface area contributed by atoms with Crippen LogP contribution in [0, 0.1) is 0 Å². The number of nitrogens with zero attached hydrogens (tertiary/aromatic N) is 2. The summed E-state index contributed by atoms with van der Waals surface area (Å²) in [6.07, 6.45) is 0.113. The molecule has 2 amide bonds. The Kier molecular flexibility index (Phi) is 5.16. The molecule has 0 saturated carbocycles. The topological polar surface area (TPSA) is 71.1 Å². The number of methoxy groups -OCH3 is 1. The highest BCUT2D eigenvalue weighted by molar-refractivity contribution is 6.23. The number of nitrogens with one attached hydrogen (secondary N) is 1. The highest BCUT2D eigenvalue weighted by atomic mass is 16.5. The van der Waals surface area contributed by atoms with Gasteiger partial charge in [-0.25, -0.2) is 4.90 Å². The molecule has 2 fully saturated rings. The quantitative estimate of drug-likeness (QED) is 0.802. The van der Waals surface area contributed by atoms with Crippen molar-refractivity contribution in [3.8, 4) is 5.75 Å². The molecule has 2 saturated heterocycles. The number of carbonyl (C=O) groups is 2. The second-order valence-electron chi connectivity index (χ2n) is 6.79. The maximum atomic E-state index is 12.9. The number of para-hydroxylation sites is 2. The minimum absolute atomic E-state index is 0.113. The molecular weight excluding hydrogens is 358 g/mol. The summed E-state index contributed by atoms with van der Waals surface area (Å²) in [5, 5.41) is 3.19. The Bertz CT molecular complexity index is 862. The van der Waals surface area contributed by atoms with E-state index in [1.807, 2.05) is 24.3 Å². The number of anilines is 3. The number of morpholine rings is 1. The minimum atomic E-state index is -0.591. The number of rotatable bonds is 5. The van der Waals surface area contributed by atoms with E-state index in [1.165, 1.54) is 12.0 Å². The summed E-state index contributed by atoms with van der Waals surface area (Å²) in [4.78, 5) is 28.8. The Morgan fingerprint density at radius 1 is 1.04 bits per heavy atom. The van der Waals surface area contributed by atoms with E-state index in [0.29, 0.717) is 11.4 Å². The summed E-state index contributed by atoms with van der Waals surface area (Å²) in [5.74, 6) is -0.0107. The fourth-order valence-corrected chi connectivity index (χ4v) is 3.60. The molecule has 2 aromatic rings. The van der Waals surface area contributed by atoms with Crippen molar-refractivity contribution in [2.75, 3.05) is 48.5 Å². The Hall–Kier alpha value is -3.06. The molecule has 7 heteroatoms. The molecule has 0 bridgehead atoms. The summed E-state index contributed by atoms with van der Waals surface area (Å²) in [5.41, 5.74) is 2.41. The van der Waals surface area contributed by atoms with Gasteiger partial charge in [0, 0.05) is 24.5 Å². The average Bonchev–Trinajstić information content (AvgIpc) is 3.02. The van der Waals surface area contributed by atoms with Gasteiger partial charge in [0.2, 0.25) is 5.91 Å². The van der Waals surface area contributed by atoms with Gasteiger partial charge in [0.25, 0.3) is 5.91 Å². The first-order valence-corrected chi connectivity index (χ1v) is 9.36. The molecule has 0 unspecified atom stereocenters. The molecule has 2 aliphatic rings. The maximum Gasteiger partial charge on any atom is 0.256 e. The Morgan fingerprint density at radius 3 is 2.46 bits per heavy atom. The van der Waals surface area contributed by atoms with Crippen molar-refractivity contribution in [3.63, 3.8) is 0 Å². The van der Waals surface area contributed by atoms with Crippen molar-refractivity contribution in [1.29, 1.82) is 0 Å². The second kappa shape index (κ2) is 7.90. The van der Waals surface area contributed by atoms with Crippen LogP contribution >= 0.6 is 0 Å². The highest BCUT2D eigenvalue weighted by Crippen LogP contribution is 2.32. The van der Waals surface area contributed by atoms with Crippen LogP contribution in [0.2, 0.25) is 0 Å². The van der Waals surface area contributed by atoms with Gasteiger partial charge in [-0.05, 0) is 36.4 Å². The summed E-state index contributed by atoms with van der Waals surface area (Å²) in [6, 6.07) is 14.4. The molecule has 4 rings (SSSR count). The zero-order chi connectivity index (χ0) is 19.5. The van der Waals surface area contributed by atoms with Crippen molar-refractivity contribution in [3.05, 3.63) is 48.5 Å². The molecule has 146 valence electrons. The van der Waals surface area contributed by atoms with Crippen LogP contribution in [0.25, 0.3) is 0 Å². The van der Waals surface area contributed by atoms with E-state index in [-0.39, 0.29) is 18.2 Å². The molecule has 2 aromatic carbocycles. The van der Waals surface area contributed by atoms with E-state index < -0.39 is 6.04 Å². The van der Waals surface area contributed by atoms with Gasteiger partial charge in [-0.15, -0.1) is 0 Å². The van der Waals surface area contributed by atoms with Crippen LogP contribution in [-0.4, -0.2) is 51.3 Å². The number of carbonyl (C=O) groups excluding carboxylic acids is 2. The summed E-state index contributed by atoms with van der Waals surface area (Å²) >= 11 is 0. The van der Waals surface area contributed by atoms with Crippen LogP contribution in [-0.2, 0) is 14.3 Å². The van der Waals surface area contributed by atoms with Gasteiger partial charge in [0.1, 0.15) is 11.8 Å². The van der Waals surface area contributed by atoms with E-state index in [1.54, 1.807) is 24.3 Å². The van der Waals surface area contributed by atoms with Crippen LogP contribution in [0.5, 0.6) is 5.75 Å². The summed E-state index contributed by atoms with van der Waals surface area (Å²) in [6.45, 7) is 3.21. The fourth-order valence-electron chi connectivity index (χ4n) is 3.60. The average molecular weight is 381 g/mol. The number of benzene rings is 2. The predicted molar refractivity (Wildman–Crippen MR) is 107 cm³/mol. The van der Waals surface area contributed by atoms with Gasteiger partial charge in [0.05, 0.1) is 32.4 Å². The summed E-state index contributed by atoms with van der Waals surface area (Å²) in [7, 11) is 1.52. The summed E-state index contributed by atoms with van der Waals surface area (Å²) < 4.78 is 10.7. The first-order chi connectivity index (χ1) is 13.7. The van der Waals surface area contributed by atoms with Gasteiger partial charge in [-0.1, -0.05) is 12.1 Å². The van der Waals surface area contributed by atoms with E-state index in [4.69, 9.17) is 9.47 Å². The zero-order valence-electron chi connectivity index (χ0n) is 15.8. The minimum Gasteiger partial charge on any atom is -0.495 e. The molecule has 0 aromatic heterocycles. The van der Waals surface area contributed by atoms with Crippen LogP contribution < -0.4 is 19.9 Å². The smallest absolute Gasteiger partial charge is 0.256 e. The van der Waals surface area contributed by atoms with Crippen LogP contribution in [0.4, 0.5) is 17.1 Å². The number of hydrogen-bond donors (Lipinski definition) is 1. The molecule has 1 N–H and O–H groups in total. The third-order valence-corrected chi connectivity index (χ3v) is 5.06. The first kappa shape index (κ1) is 18.3. The van der Waals surface area contributed by atoms with Gasteiger partial charge in [-0.2, -0.15) is 0 Å². The van der Waals surface area contributed by atoms with E-state index >= 15 is 0 Å². The standard InChI is InChI=1S/C21H23N3O4/c1-27-19-5-3-2-4-18(19)24-20(25)14-17(21(24)26)22-15-6-8-16(9-7-15)23-10-12-28-13-11-23/h2-9,17,22H,10-14H2,1H3/t17-/m1/s1. The van der Waals surface area contributed by atoms with Crippen molar-refractivity contribution >= 4 is 28.9 Å². The third-order valence-electron chi connectivity index (χ3n) is 5.06. The number of amides is 2. The number of ether oxygens (including phenoxy) is 2. The lowest BCUT2D eigenvalue weighted by atomic mass is 10.2. The lowest BCUT2D eigenvalue weighted by molar-refractivity contribution is -0.121. The first-order valence-electron chi connectivity index (χ1n) is 9.36. The normalized spacial score (nSPS) is 19.8. The molecule has 0 radical (unpaired) electrons. The molecule has 0 spiro atoms. The molecule has 7 nitrogen and oxygen atoms in total. The van der Waals surface area contributed by atoms with Gasteiger partial charge < -0.3 is 19.7 Å². The van der Waals surface area contributed by atoms with Crippen molar-refractivity contribution < 1.29 is 19.1 Å². The fraction of sp³-hybridized carbons (Fsp3) is 0.333. The van der Waals surface area contributed by atoms with Gasteiger partial charge in [0.15, 0.2) is 0 Å². The van der Waals surface area contributed by atoms with Crippen molar-refractivity contribution in [1.82, 2.24) is 0 Å². The molecule has 1 atom stereocenters. The molecule has 2 heterocycles. The lowest BCUT2D eigenvalue weighted by Crippen LogP contribution is -2.36. The molecular formula is C21H23N3O4. The number of hydrogen-bond acceptors (Lipinski definition) is 6. The third kappa shape index (κ3) is 3.53.